The molecule has 3 rings (SSSR count). The quantitative estimate of drug-likeness (QED) is 0.839. The van der Waals surface area contributed by atoms with Gasteiger partial charge in [-0.15, -0.1) is 11.3 Å². The SMILES string of the molecule is Cc1cncnc1N1CCN(S(=O)(=O)c2ccc(Cl)s2)CC1. The Hall–Kier alpha value is -1.22. The number of nitrogens with zero attached hydrogens (tertiary/aromatic N) is 4. The van der Waals surface area contributed by atoms with Crippen LogP contribution >= 0.6 is 22.9 Å². The Balaban J connectivity index is 1.73. The topological polar surface area (TPSA) is 66.4 Å². The lowest BCUT2D eigenvalue weighted by molar-refractivity contribution is 0.384. The van der Waals surface area contributed by atoms with E-state index in [4.69, 9.17) is 11.6 Å². The fourth-order valence-electron chi connectivity index (χ4n) is 2.43. The standard InChI is InChI=1S/C13H15ClN4O2S2/c1-10-8-15-9-16-13(10)17-4-6-18(7-5-17)22(19,20)12-3-2-11(14)21-12/h2-3,8-9H,4-7H2,1H3. The molecule has 0 atom stereocenters. The van der Waals surface area contributed by atoms with Gasteiger partial charge in [-0.05, 0) is 19.1 Å². The largest absolute Gasteiger partial charge is 0.354 e. The number of sulfonamides is 1. The highest BCUT2D eigenvalue weighted by Gasteiger charge is 2.30. The van der Waals surface area contributed by atoms with Gasteiger partial charge in [-0.25, -0.2) is 18.4 Å². The number of halogens is 1. The first-order valence-electron chi connectivity index (χ1n) is 6.75. The van der Waals surface area contributed by atoms with E-state index >= 15 is 0 Å². The van der Waals surface area contributed by atoms with Gasteiger partial charge in [-0.1, -0.05) is 11.6 Å². The Morgan fingerprint density at radius 1 is 1.23 bits per heavy atom. The molecule has 0 amide bonds. The summed E-state index contributed by atoms with van der Waals surface area (Å²) >= 11 is 6.93. The summed E-state index contributed by atoms with van der Waals surface area (Å²) in [6.07, 6.45) is 3.28. The summed E-state index contributed by atoms with van der Waals surface area (Å²) in [4.78, 5) is 10.4. The van der Waals surface area contributed by atoms with Crippen molar-refractivity contribution in [1.82, 2.24) is 14.3 Å². The molecule has 1 saturated heterocycles. The first-order valence-corrected chi connectivity index (χ1v) is 9.39. The molecule has 0 aromatic carbocycles. The van der Waals surface area contributed by atoms with Crippen LogP contribution in [0.1, 0.15) is 5.56 Å². The van der Waals surface area contributed by atoms with Crippen LogP contribution in [-0.2, 0) is 10.0 Å². The van der Waals surface area contributed by atoms with Crippen molar-refractivity contribution in [2.45, 2.75) is 11.1 Å². The molecule has 0 unspecified atom stereocenters. The minimum Gasteiger partial charge on any atom is -0.354 e. The van der Waals surface area contributed by atoms with Gasteiger partial charge in [0.2, 0.25) is 0 Å². The molecule has 0 saturated carbocycles. The lowest BCUT2D eigenvalue weighted by Gasteiger charge is -2.34. The Morgan fingerprint density at radius 3 is 2.55 bits per heavy atom. The number of anilines is 1. The molecule has 0 bridgehead atoms. The molecule has 0 N–H and O–H groups in total. The number of hydrogen-bond acceptors (Lipinski definition) is 6. The lowest BCUT2D eigenvalue weighted by Crippen LogP contribution is -2.49. The molecule has 6 nitrogen and oxygen atoms in total. The summed E-state index contributed by atoms with van der Waals surface area (Å²) in [7, 11) is -3.45. The highest BCUT2D eigenvalue weighted by molar-refractivity contribution is 7.91. The first kappa shape index (κ1) is 15.7. The van der Waals surface area contributed by atoms with Gasteiger partial charge in [-0.3, -0.25) is 0 Å². The third-order valence-corrected chi connectivity index (χ3v) is 7.15. The van der Waals surface area contributed by atoms with Crippen molar-refractivity contribution in [3.05, 3.63) is 34.6 Å². The van der Waals surface area contributed by atoms with E-state index < -0.39 is 10.0 Å². The van der Waals surface area contributed by atoms with E-state index in [1.54, 1.807) is 18.3 Å². The zero-order chi connectivity index (χ0) is 15.7. The van der Waals surface area contributed by atoms with Crippen molar-refractivity contribution in [1.29, 1.82) is 0 Å². The van der Waals surface area contributed by atoms with Crippen molar-refractivity contribution < 1.29 is 8.42 Å². The number of piperazine rings is 1. The molecule has 1 aliphatic heterocycles. The van der Waals surface area contributed by atoms with E-state index in [2.05, 4.69) is 14.9 Å². The second-order valence-corrected chi connectivity index (χ2v) is 8.86. The predicted octanol–water partition coefficient (Wildman–Crippen LogP) is 2.01. The van der Waals surface area contributed by atoms with Crippen LogP contribution in [0.4, 0.5) is 5.82 Å². The number of hydrogen-bond donors (Lipinski definition) is 0. The van der Waals surface area contributed by atoms with E-state index in [-0.39, 0.29) is 0 Å². The van der Waals surface area contributed by atoms with Crippen LogP contribution in [0.5, 0.6) is 0 Å². The van der Waals surface area contributed by atoms with Crippen molar-refractivity contribution in [2.75, 3.05) is 31.1 Å². The normalized spacial score (nSPS) is 16.9. The van der Waals surface area contributed by atoms with Gasteiger partial charge in [0.25, 0.3) is 10.0 Å². The number of aryl methyl sites for hydroxylation is 1. The lowest BCUT2D eigenvalue weighted by atomic mass is 10.3. The van der Waals surface area contributed by atoms with Crippen molar-refractivity contribution >= 4 is 38.8 Å². The summed E-state index contributed by atoms with van der Waals surface area (Å²) in [5.74, 6) is 0.867. The average Bonchev–Trinajstić information content (AvgIpc) is 2.95. The van der Waals surface area contributed by atoms with Crippen LogP contribution in [0.25, 0.3) is 0 Å². The Morgan fingerprint density at radius 2 is 1.95 bits per heavy atom. The van der Waals surface area contributed by atoms with Gasteiger partial charge in [-0.2, -0.15) is 4.31 Å². The predicted molar refractivity (Wildman–Crippen MR) is 87.1 cm³/mol. The van der Waals surface area contributed by atoms with Gasteiger partial charge >= 0.3 is 0 Å². The molecule has 2 aromatic rings. The smallest absolute Gasteiger partial charge is 0.252 e. The van der Waals surface area contributed by atoms with Crippen LogP contribution < -0.4 is 4.90 Å². The van der Waals surface area contributed by atoms with Gasteiger partial charge in [0, 0.05) is 37.9 Å². The van der Waals surface area contributed by atoms with E-state index in [1.165, 1.54) is 10.6 Å². The Bertz CT molecular complexity index is 770. The van der Waals surface area contributed by atoms with Gasteiger partial charge in [0.05, 0.1) is 4.34 Å². The molecule has 0 aliphatic carbocycles. The Labute approximate surface area is 138 Å². The van der Waals surface area contributed by atoms with Crippen molar-refractivity contribution in [2.24, 2.45) is 0 Å². The molecule has 118 valence electrons. The maximum Gasteiger partial charge on any atom is 0.252 e. The zero-order valence-electron chi connectivity index (χ0n) is 11.9. The summed E-state index contributed by atoms with van der Waals surface area (Å²) in [5.41, 5.74) is 0.990. The number of rotatable bonds is 3. The van der Waals surface area contributed by atoms with E-state index in [9.17, 15) is 8.42 Å². The van der Waals surface area contributed by atoms with Gasteiger partial charge in [0.1, 0.15) is 16.4 Å². The molecule has 9 heteroatoms. The van der Waals surface area contributed by atoms with Crippen LogP contribution in [0, 0.1) is 6.92 Å². The number of thiophene rings is 1. The molecule has 0 radical (unpaired) electrons. The fourth-order valence-corrected chi connectivity index (χ4v) is 5.49. The van der Waals surface area contributed by atoms with Gasteiger partial charge < -0.3 is 4.90 Å². The highest BCUT2D eigenvalue weighted by atomic mass is 35.5. The van der Waals surface area contributed by atoms with Crippen LogP contribution in [0.15, 0.2) is 28.9 Å². The minimum atomic E-state index is -3.45. The summed E-state index contributed by atoms with van der Waals surface area (Å²) in [5, 5.41) is 0. The molecular formula is C13H15ClN4O2S2. The first-order chi connectivity index (χ1) is 10.5. The van der Waals surface area contributed by atoms with E-state index in [1.807, 2.05) is 6.92 Å². The second kappa shape index (κ2) is 6.11. The maximum atomic E-state index is 12.5. The van der Waals surface area contributed by atoms with Crippen LogP contribution in [0.2, 0.25) is 4.34 Å². The van der Waals surface area contributed by atoms with Gasteiger partial charge in [0.15, 0.2) is 0 Å². The van der Waals surface area contributed by atoms with Crippen LogP contribution in [0.3, 0.4) is 0 Å². The maximum absolute atomic E-state index is 12.5. The summed E-state index contributed by atoms with van der Waals surface area (Å²) < 4.78 is 27.4. The highest BCUT2D eigenvalue weighted by Crippen LogP contribution is 2.29. The van der Waals surface area contributed by atoms with Crippen molar-refractivity contribution in [3.8, 4) is 0 Å². The second-order valence-electron chi connectivity index (χ2n) is 4.98. The fraction of sp³-hybridized carbons (Fsp3) is 0.385. The molecule has 3 heterocycles. The Kier molecular flexibility index (Phi) is 4.35. The van der Waals surface area contributed by atoms with Crippen molar-refractivity contribution in [3.63, 3.8) is 0 Å². The van der Waals surface area contributed by atoms with E-state index in [0.29, 0.717) is 34.7 Å². The number of aromatic nitrogens is 2. The molecule has 2 aromatic heterocycles. The third kappa shape index (κ3) is 2.96. The molecule has 1 aliphatic rings. The summed E-state index contributed by atoms with van der Waals surface area (Å²) in [6, 6.07) is 3.17. The average molecular weight is 359 g/mol. The summed E-state index contributed by atoms with van der Waals surface area (Å²) in [6.45, 7) is 4.03. The van der Waals surface area contributed by atoms with Crippen LogP contribution in [-0.4, -0.2) is 48.9 Å². The molecule has 22 heavy (non-hydrogen) atoms. The molecule has 0 spiro atoms. The molecule has 1 fully saturated rings. The van der Waals surface area contributed by atoms with E-state index in [0.717, 1.165) is 22.7 Å². The molecular weight excluding hydrogens is 344 g/mol. The zero-order valence-corrected chi connectivity index (χ0v) is 14.3. The minimum absolute atomic E-state index is 0.296. The third-order valence-electron chi connectivity index (χ3n) is 3.55. The monoisotopic (exact) mass is 358 g/mol.